The molecule has 1 aromatic rings. The Morgan fingerprint density at radius 2 is 1.95 bits per heavy atom. The van der Waals surface area contributed by atoms with Gasteiger partial charge in [0.05, 0.1) is 0 Å². The number of carboxylic acids is 1. The van der Waals surface area contributed by atoms with Crippen LogP contribution in [0.15, 0.2) is 12.1 Å². The molecule has 0 aliphatic heterocycles. The molecule has 0 atom stereocenters. The van der Waals surface area contributed by atoms with Crippen LogP contribution in [0.2, 0.25) is 0 Å². The lowest BCUT2D eigenvalue weighted by Gasteiger charge is -2.26. The molecule has 106 valence electrons. The summed E-state index contributed by atoms with van der Waals surface area (Å²) in [5.74, 6) is 0.173. The number of aromatic nitrogens is 2. The molecular formula is C13H22N4O2. The molecule has 6 nitrogen and oxygen atoms in total. The smallest absolute Gasteiger partial charge is 0.356 e. The maximum atomic E-state index is 10.8. The van der Waals surface area contributed by atoms with Gasteiger partial charge in [0.25, 0.3) is 0 Å². The fraction of sp³-hybridized carbons (Fsp3) is 0.615. The number of nitrogens with zero attached hydrogens (tertiary/aromatic N) is 4. The van der Waals surface area contributed by atoms with E-state index in [1.807, 2.05) is 14.1 Å². The van der Waals surface area contributed by atoms with Gasteiger partial charge in [0, 0.05) is 19.6 Å². The second-order valence-electron chi connectivity index (χ2n) is 5.23. The molecule has 0 fully saturated rings. The van der Waals surface area contributed by atoms with E-state index in [1.54, 1.807) is 6.07 Å². The number of anilines is 1. The van der Waals surface area contributed by atoms with E-state index in [0.717, 1.165) is 25.5 Å². The van der Waals surface area contributed by atoms with Crippen LogP contribution < -0.4 is 4.90 Å². The number of aromatic carboxylic acids is 1. The van der Waals surface area contributed by atoms with Gasteiger partial charge in [-0.3, -0.25) is 0 Å². The SMILES string of the molecule is CC(C)CN(CCN(C)C)c1ccc(C(=O)O)nn1. The molecule has 0 aliphatic carbocycles. The van der Waals surface area contributed by atoms with E-state index in [2.05, 4.69) is 33.8 Å². The summed E-state index contributed by atoms with van der Waals surface area (Å²) in [6, 6.07) is 3.21. The van der Waals surface area contributed by atoms with Crippen molar-refractivity contribution in [1.82, 2.24) is 15.1 Å². The van der Waals surface area contributed by atoms with Gasteiger partial charge < -0.3 is 14.9 Å². The highest BCUT2D eigenvalue weighted by atomic mass is 16.4. The van der Waals surface area contributed by atoms with Crippen LogP contribution in [-0.2, 0) is 0 Å². The van der Waals surface area contributed by atoms with Gasteiger partial charge in [-0.2, -0.15) is 0 Å². The predicted octanol–water partition coefficient (Wildman–Crippen LogP) is 1.20. The molecule has 0 spiro atoms. The quantitative estimate of drug-likeness (QED) is 0.799. The fourth-order valence-corrected chi connectivity index (χ4v) is 1.67. The van der Waals surface area contributed by atoms with Crippen molar-refractivity contribution in [3.63, 3.8) is 0 Å². The lowest BCUT2D eigenvalue weighted by molar-refractivity contribution is 0.0689. The Bertz CT molecular complexity index is 404. The predicted molar refractivity (Wildman–Crippen MR) is 74.6 cm³/mol. The zero-order valence-corrected chi connectivity index (χ0v) is 12.0. The first-order valence-corrected chi connectivity index (χ1v) is 6.37. The van der Waals surface area contributed by atoms with Crippen molar-refractivity contribution in [3.05, 3.63) is 17.8 Å². The van der Waals surface area contributed by atoms with Crippen LogP contribution >= 0.6 is 0 Å². The van der Waals surface area contributed by atoms with Gasteiger partial charge in [0.2, 0.25) is 0 Å². The average molecular weight is 266 g/mol. The minimum absolute atomic E-state index is 0.0270. The maximum absolute atomic E-state index is 10.8. The van der Waals surface area contributed by atoms with E-state index >= 15 is 0 Å². The Labute approximate surface area is 114 Å². The number of carbonyl (C=O) groups is 1. The van der Waals surface area contributed by atoms with E-state index in [1.165, 1.54) is 6.07 Å². The van der Waals surface area contributed by atoms with Crippen LogP contribution in [0.5, 0.6) is 0 Å². The van der Waals surface area contributed by atoms with Crippen molar-refractivity contribution >= 4 is 11.8 Å². The minimum Gasteiger partial charge on any atom is -0.476 e. The van der Waals surface area contributed by atoms with Crippen molar-refractivity contribution in [2.24, 2.45) is 5.92 Å². The van der Waals surface area contributed by atoms with Crippen LogP contribution in [-0.4, -0.2) is 59.9 Å². The Hall–Kier alpha value is -1.69. The highest BCUT2D eigenvalue weighted by Crippen LogP contribution is 2.12. The third-order valence-corrected chi connectivity index (χ3v) is 2.60. The number of carboxylic acid groups (broad SMARTS) is 1. The van der Waals surface area contributed by atoms with Gasteiger partial charge in [-0.05, 0) is 32.1 Å². The topological polar surface area (TPSA) is 69.6 Å². The van der Waals surface area contributed by atoms with Crippen LogP contribution in [0.1, 0.15) is 24.3 Å². The normalized spacial score (nSPS) is 11.1. The Morgan fingerprint density at radius 1 is 1.26 bits per heavy atom. The van der Waals surface area contributed by atoms with E-state index < -0.39 is 5.97 Å². The van der Waals surface area contributed by atoms with Crippen molar-refractivity contribution in [2.45, 2.75) is 13.8 Å². The maximum Gasteiger partial charge on any atom is 0.356 e. The van der Waals surface area contributed by atoms with Gasteiger partial charge in [0.15, 0.2) is 11.5 Å². The molecule has 0 radical (unpaired) electrons. The summed E-state index contributed by atoms with van der Waals surface area (Å²) >= 11 is 0. The second-order valence-corrected chi connectivity index (χ2v) is 5.23. The Balaban J connectivity index is 2.80. The number of rotatable bonds is 7. The van der Waals surface area contributed by atoms with Gasteiger partial charge in [-0.1, -0.05) is 13.8 Å². The third kappa shape index (κ3) is 5.21. The van der Waals surface area contributed by atoms with Crippen molar-refractivity contribution in [3.8, 4) is 0 Å². The Kier molecular flexibility index (Phi) is 5.69. The summed E-state index contributed by atoms with van der Waals surface area (Å²) in [4.78, 5) is 15.0. The largest absolute Gasteiger partial charge is 0.476 e. The number of hydrogen-bond acceptors (Lipinski definition) is 5. The highest BCUT2D eigenvalue weighted by Gasteiger charge is 2.12. The summed E-state index contributed by atoms with van der Waals surface area (Å²) in [6.07, 6.45) is 0. The first-order valence-electron chi connectivity index (χ1n) is 6.37. The Morgan fingerprint density at radius 3 is 2.37 bits per heavy atom. The summed E-state index contributed by atoms with van der Waals surface area (Å²) in [5, 5.41) is 16.5. The summed E-state index contributed by atoms with van der Waals surface area (Å²) < 4.78 is 0. The van der Waals surface area contributed by atoms with E-state index in [-0.39, 0.29) is 5.69 Å². The molecule has 0 aromatic carbocycles. The summed E-state index contributed by atoms with van der Waals surface area (Å²) in [5.41, 5.74) is -0.0270. The first kappa shape index (κ1) is 15.4. The molecule has 19 heavy (non-hydrogen) atoms. The average Bonchev–Trinajstić information content (AvgIpc) is 2.34. The molecule has 0 aliphatic rings. The summed E-state index contributed by atoms with van der Waals surface area (Å²) in [7, 11) is 4.04. The van der Waals surface area contributed by atoms with E-state index in [0.29, 0.717) is 5.92 Å². The van der Waals surface area contributed by atoms with Gasteiger partial charge in [-0.25, -0.2) is 4.79 Å². The lowest BCUT2D eigenvalue weighted by atomic mass is 10.2. The van der Waals surface area contributed by atoms with Crippen molar-refractivity contribution < 1.29 is 9.90 Å². The van der Waals surface area contributed by atoms with Crippen LogP contribution in [0.25, 0.3) is 0 Å². The molecule has 1 aromatic heterocycles. The lowest BCUT2D eigenvalue weighted by Crippen LogP contribution is -2.35. The fourth-order valence-electron chi connectivity index (χ4n) is 1.67. The molecule has 6 heteroatoms. The molecule has 0 saturated carbocycles. The zero-order valence-electron chi connectivity index (χ0n) is 12.0. The molecular weight excluding hydrogens is 244 g/mol. The monoisotopic (exact) mass is 266 g/mol. The van der Waals surface area contributed by atoms with E-state index in [4.69, 9.17) is 5.11 Å². The molecule has 1 heterocycles. The molecule has 0 unspecified atom stereocenters. The van der Waals surface area contributed by atoms with Crippen molar-refractivity contribution in [1.29, 1.82) is 0 Å². The van der Waals surface area contributed by atoms with Gasteiger partial charge >= 0.3 is 5.97 Å². The second kappa shape index (κ2) is 7.04. The number of hydrogen-bond donors (Lipinski definition) is 1. The molecule has 0 amide bonds. The third-order valence-electron chi connectivity index (χ3n) is 2.60. The van der Waals surface area contributed by atoms with E-state index in [9.17, 15) is 4.79 Å². The molecule has 1 rings (SSSR count). The molecule has 1 N–H and O–H groups in total. The van der Waals surface area contributed by atoms with Crippen LogP contribution in [0, 0.1) is 5.92 Å². The van der Waals surface area contributed by atoms with Gasteiger partial charge in [0.1, 0.15) is 0 Å². The van der Waals surface area contributed by atoms with Crippen LogP contribution in [0.4, 0.5) is 5.82 Å². The summed E-state index contributed by atoms with van der Waals surface area (Å²) in [6.45, 7) is 6.90. The van der Waals surface area contributed by atoms with Crippen molar-refractivity contribution in [2.75, 3.05) is 38.6 Å². The standard InChI is InChI=1S/C13H22N4O2/c1-10(2)9-17(8-7-16(3)4)12-6-5-11(13(18)19)14-15-12/h5-6,10H,7-9H2,1-4H3,(H,18,19). The highest BCUT2D eigenvalue weighted by molar-refractivity contribution is 5.85. The minimum atomic E-state index is -1.05. The van der Waals surface area contributed by atoms with Gasteiger partial charge in [-0.15, -0.1) is 10.2 Å². The van der Waals surface area contributed by atoms with Crippen LogP contribution in [0.3, 0.4) is 0 Å². The molecule has 0 saturated heterocycles. The zero-order chi connectivity index (χ0) is 14.4. The number of likely N-dealkylation sites (N-methyl/N-ethyl adjacent to an activating group) is 1. The molecule has 0 bridgehead atoms. The first-order chi connectivity index (χ1) is 8.90.